The van der Waals surface area contributed by atoms with Gasteiger partial charge in [0.25, 0.3) is 5.69 Å². The Labute approximate surface area is 154 Å². The van der Waals surface area contributed by atoms with Crippen molar-refractivity contribution < 1.29 is 9.66 Å². The van der Waals surface area contributed by atoms with E-state index in [-0.39, 0.29) is 11.1 Å². The molecule has 0 aliphatic carbocycles. The average Bonchev–Trinajstić information content (AvgIpc) is 3.16. The fourth-order valence-electron chi connectivity index (χ4n) is 2.99. The zero-order chi connectivity index (χ0) is 18.1. The molecular weight excluding hydrogens is 350 g/mol. The number of nitrogens with one attached hydrogen (secondary N) is 1. The predicted octanol–water partition coefficient (Wildman–Crippen LogP) is 4.45. The Balaban J connectivity index is 1.68. The fourth-order valence-corrected chi connectivity index (χ4v) is 4.04. The lowest BCUT2D eigenvalue weighted by atomic mass is 10.1. The fraction of sp³-hybridized carbons (Fsp3) is 0.105. The van der Waals surface area contributed by atoms with Gasteiger partial charge in [-0.1, -0.05) is 54.2 Å². The summed E-state index contributed by atoms with van der Waals surface area (Å²) >= 11 is 1.52. The molecule has 130 valence electrons. The number of nitrogens with zero attached hydrogens (tertiary/aromatic N) is 2. The number of thioether (sulfide) groups is 1. The number of nitro groups is 1. The Morgan fingerprint density at radius 1 is 1.15 bits per heavy atom. The van der Waals surface area contributed by atoms with Crippen LogP contribution in [0.3, 0.4) is 0 Å². The first-order chi connectivity index (χ1) is 12.7. The summed E-state index contributed by atoms with van der Waals surface area (Å²) in [6.07, 6.45) is 0. The Morgan fingerprint density at radius 2 is 1.96 bits per heavy atom. The number of methoxy groups -OCH3 is 1. The van der Waals surface area contributed by atoms with Gasteiger partial charge < -0.3 is 4.74 Å². The van der Waals surface area contributed by atoms with Gasteiger partial charge in [0, 0.05) is 23.3 Å². The third kappa shape index (κ3) is 2.86. The van der Waals surface area contributed by atoms with E-state index in [0.29, 0.717) is 11.3 Å². The number of benzene rings is 3. The van der Waals surface area contributed by atoms with Gasteiger partial charge in [0.15, 0.2) is 0 Å². The molecule has 4 rings (SSSR count). The van der Waals surface area contributed by atoms with E-state index in [1.165, 1.54) is 23.9 Å². The molecule has 1 aliphatic rings. The normalized spacial score (nSPS) is 16.2. The summed E-state index contributed by atoms with van der Waals surface area (Å²) in [5.74, 6) is 0.593. The topological polar surface area (TPSA) is 76.8 Å². The highest BCUT2D eigenvalue weighted by Crippen LogP contribution is 2.40. The van der Waals surface area contributed by atoms with Gasteiger partial charge in [-0.05, 0) is 16.8 Å². The van der Waals surface area contributed by atoms with E-state index >= 15 is 0 Å². The van der Waals surface area contributed by atoms with E-state index in [0.717, 1.165) is 21.4 Å². The number of hydrazone groups is 1. The zero-order valence-electron chi connectivity index (χ0n) is 13.9. The van der Waals surface area contributed by atoms with Crippen molar-refractivity contribution in [2.75, 3.05) is 7.11 Å². The van der Waals surface area contributed by atoms with Gasteiger partial charge in [-0.3, -0.25) is 15.5 Å². The van der Waals surface area contributed by atoms with Crippen molar-refractivity contribution in [3.05, 3.63) is 81.9 Å². The van der Waals surface area contributed by atoms with Crippen molar-refractivity contribution in [1.82, 2.24) is 5.43 Å². The van der Waals surface area contributed by atoms with Crippen LogP contribution in [0.1, 0.15) is 16.5 Å². The summed E-state index contributed by atoms with van der Waals surface area (Å²) in [4.78, 5) is 10.7. The second-order valence-corrected chi connectivity index (χ2v) is 6.85. The van der Waals surface area contributed by atoms with Crippen LogP contribution >= 0.6 is 11.8 Å². The summed E-state index contributed by atoms with van der Waals surface area (Å²) in [5.41, 5.74) is 4.84. The van der Waals surface area contributed by atoms with Crippen LogP contribution in [0.2, 0.25) is 0 Å². The third-order valence-corrected chi connectivity index (χ3v) is 5.37. The first-order valence-electron chi connectivity index (χ1n) is 7.97. The van der Waals surface area contributed by atoms with E-state index < -0.39 is 4.92 Å². The van der Waals surface area contributed by atoms with Crippen LogP contribution in [0.4, 0.5) is 5.69 Å². The summed E-state index contributed by atoms with van der Waals surface area (Å²) in [7, 11) is 1.55. The molecule has 0 fully saturated rings. The van der Waals surface area contributed by atoms with Crippen molar-refractivity contribution in [3.8, 4) is 5.75 Å². The monoisotopic (exact) mass is 365 g/mol. The molecule has 0 unspecified atom stereocenters. The largest absolute Gasteiger partial charge is 0.496 e. The maximum atomic E-state index is 11.1. The third-order valence-electron chi connectivity index (χ3n) is 4.24. The molecular formula is C19H15N3O3S. The number of rotatable bonds is 4. The van der Waals surface area contributed by atoms with Crippen LogP contribution < -0.4 is 10.2 Å². The van der Waals surface area contributed by atoms with Crippen molar-refractivity contribution in [2.24, 2.45) is 5.10 Å². The van der Waals surface area contributed by atoms with E-state index in [2.05, 4.69) is 28.7 Å². The predicted molar refractivity (Wildman–Crippen MR) is 104 cm³/mol. The van der Waals surface area contributed by atoms with Gasteiger partial charge in [0.1, 0.15) is 16.2 Å². The molecule has 3 aromatic carbocycles. The number of nitro benzene ring substituents is 1. The minimum Gasteiger partial charge on any atom is -0.496 e. The van der Waals surface area contributed by atoms with Crippen molar-refractivity contribution >= 4 is 33.3 Å². The zero-order valence-corrected chi connectivity index (χ0v) is 14.7. The van der Waals surface area contributed by atoms with Gasteiger partial charge in [-0.25, -0.2) is 0 Å². The molecule has 0 spiro atoms. The first kappa shape index (κ1) is 16.4. The Bertz CT molecular complexity index is 1030. The minimum atomic E-state index is -0.408. The summed E-state index contributed by atoms with van der Waals surface area (Å²) in [6, 6.07) is 18.8. The molecule has 0 radical (unpaired) electrons. The highest BCUT2D eigenvalue weighted by Gasteiger charge is 2.27. The molecule has 1 aliphatic heterocycles. The second-order valence-electron chi connectivity index (χ2n) is 5.75. The van der Waals surface area contributed by atoms with Crippen LogP contribution in [0.5, 0.6) is 5.75 Å². The number of hydrogen-bond donors (Lipinski definition) is 1. The lowest BCUT2D eigenvalue weighted by Crippen LogP contribution is -2.08. The molecule has 1 heterocycles. The molecule has 3 aromatic rings. The van der Waals surface area contributed by atoms with Gasteiger partial charge in [-0.15, -0.1) is 0 Å². The summed E-state index contributed by atoms with van der Waals surface area (Å²) in [5, 5.41) is 18.4. The van der Waals surface area contributed by atoms with Crippen LogP contribution in [0, 0.1) is 10.1 Å². The van der Waals surface area contributed by atoms with E-state index in [9.17, 15) is 10.1 Å². The molecule has 0 amide bonds. The number of hydrogen-bond acceptors (Lipinski definition) is 6. The average molecular weight is 365 g/mol. The number of fused-ring (bicyclic) bond motifs is 1. The van der Waals surface area contributed by atoms with Crippen molar-refractivity contribution in [2.45, 2.75) is 5.37 Å². The Kier molecular flexibility index (Phi) is 4.22. The van der Waals surface area contributed by atoms with E-state index in [4.69, 9.17) is 4.74 Å². The smallest absolute Gasteiger partial charge is 0.270 e. The standard InChI is InChI=1S/C19H15N3O3S/c1-25-17-10-9-13(22(23)24)11-16(17)19-21-20-18(26-19)15-8-4-6-12-5-2-3-7-14(12)15/h2-11,19,21H,1H3/t19-/m1/s1. The molecule has 0 bridgehead atoms. The van der Waals surface area contributed by atoms with Crippen molar-refractivity contribution in [1.29, 1.82) is 0 Å². The molecule has 26 heavy (non-hydrogen) atoms. The van der Waals surface area contributed by atoms with Crippen molar-refractivity contribution in [3.63, 3.8) is 0 Å². The lowest BCUT2D eigenvalue weighted by Gasteiger charge is -2.14. The quantitative estimate of drug-likeness (QED) is 0.546. The SMILES string of the molecule is COc1ccc([N+](=O)[O-])cc1[C@@H]1NN=C(c2cccc3ccccc23)S1. The first-order valence-corrected chi connectivity index (χ1v) is 8.85. The maximum Gasteiger partial charge on any atom is 0.270 e. The molecule has 6 nitrogen and oxygen atoms in total. The van der Waals surface area contributed by atoms with E-state index in [1.54, 1.807) is 13.2 Å². The highest BCUT2D eigenvalue weighted by atomic mass is 32.2. The maximum absolute atomic E-state index is 11.1. The molecule has 0 aromatic heterocycles. The van der Waals surface area contributed by atoms with E-state index in [1.807, 2.05) is 24.3 Å². The van der Waals surface area contributed by atoms with Crippen LogP contribution in [-0.4, -0.2) is 17.1 Å². The van der Waals surface area contributed by atoms with Crippen LogP contribution in [-0.2, 0) is 0 Å². The Morgan fingerprint density at radius 3 is 2.77 bits per heavy atom. The van der Waals surface area contributed by atoms with Gasteiger partial charge >= 0.3 is 0 Å². The van der Waals surface area contributed by atoms with Gasteiger partial charge in [0.2, 0.25) is 0 Å². The Hall–Kier alpha value is -3.06. The number of ether oxygens (including phenoxy) is 1. The molecule has 0 saturated heterocycles. The molecule has 0 saturated carbocycles. The summed E-state index contributed by atoms with van der Waals surface area (Å²) in [6.45, 7) is 0. The molecule has 1 atom stereocenters. The molecule has 7 heteroatoms. The minimum absolute atomic E-state index is 0.0295. The second kappa shape index (κ2) is 6.68. The lowest BCUT2D eigenvalue weighted by molar-refractivity contribution is -0.384. The van der Waals surface area contributed by atoms with Crippen LogP contribution in [0.15, 0.2) is 65.8 Å². The number of non-ortho nitro benzene ring substituents is 1. The van der Waals surface area contributed by atoms with Gasteiger partial charge in [0.05, 0.1) is 12.0 Å². The van der Waals surface area contributed by atoms with Crippen LogP contribution in [0.25, 0.3) is 10.8 Å². The molecule has 1 N–H and O–H groups in total. The highest BCUT2D eigenvalue weighted by molar-refractivity contribution is 8.14. The summed E-state index contributed by atoms with van der Waals surface area (Å²) < 4.78 is 5.38. The van der Waals surface area contributed by atoms with Gasteiger partial charge in [-0.2, -0.15) is 5.10 Å².